The SMILES string of the molecule is COC(=O)C1=C(C)N(C)C(=NCc2ccc(C(F)(F)F)cc2)NC1c1ccc(F)cc1. The molecule has 9 heteroatoms. The lowest BCUT2D eigenvalue weighted by molar-refractivity contribution is -0.138. The molecule has 1 N–H and O–H groups in total. The van der Waals surface area contributed by atoms with Crippen LogP contribution in [0.25, 0.3) is 0 Å². The lowest BCUT2D eigenvalue weighted by atomic mass is 9.95. The first-order chi connectivity index (χ1) is 14.6. The summed E-state index contributed by atoms with van der Waals surface area (Å²) in [4.78, 5) is 18.6. The van der Waals surface area contributed by atoms with Crippen LogP contribution in [0.5, 0.6) is 0 Å². The highest BCUT2D eigenvalue weighted by Crippen LogP contribution is 2.31. The van der Waals surface area contributed by atoms with Crippen molar-refractivity contribution in [1.29, 1.82) is 0 Å². The van der Waals surface area contributed by atoms with E-state index in [1.807, 2.05) is 0 Å². The van der Waals surface area contributed by atoms with E-state index in [-0.39, 0.29) is 6.54 Å². The van der Waals surface area contributed by atoms with Crippen LogP contribution in [0.1, 0.15) is 29.7 Å². The summed E-state index contributed by atoms with van der Waals surface area (Å²) in [6, 6.07) is 9.83. The molecule has 1 aliphatic heterocycles. The highest BCUT2D eigenvalue weighted by atomic mass is 19.4. The number of hydrogen-bond acceptors (Lipinski definition) is 3. The van der Waals surface area contributed by atoms with Crippen molar-refractivity contribution in [3.63, 3.8) is 0 Å². The second-order valence-electron chi connectivity index (χ2n) is 7.01. The molecular weight excluding hydrogens is 414 g/mol. The third kappa shape index (κ3) is 4.87. The van der Waals surface area contributed by atoms with E-state index in [9.17, 15) is 22.4 Å². The number of nitrogens with one attached hydrogen (secondary N) is 1. The van der Waals surface area contributed by atoms with Gasteiger partial charge in [0.25, 0.3) is 0 Å². The van der Waals surface area contributed by atoms with Crippen LogP contribution in [0.3, 0.4) is 0 Å². The number of esters is 1. The maximum atomic E-state index is 13.4. The molecule has 1 unspecified atom stereocenters. The summed E-state index contributed by atoms with van der Waals surface area (Å²) in [5, 5.41) is 3.16. The molecule has 0 spiro atoms. The number of aliphatic imine (C=N–C) groups is 1. The highest BCUT2D eigenvalue weighted by Gasteiger charge is 2.34. The first-order valence-electron chi connectivity index (χ1n) is 9.37. The van der Waals surface area contributed by atoms with Crippen molar-refractivity contribution >= 4 is 11.9 Å². The van der Waals surface area contributed by atoms with Crippen LogP contribution in [0.2, 0.25) is 0 Å². The van der Waals surface area contributed by atoms with E-state index in [0.29, 0.717) is 28.4 Å². The van der Waals surface area contributed by atoms with Gasteiger partial charge in [0, 0.05) is 12.7 Å². The Kier molecular flexibility index (Phi) is 6.33. The molecule has 2 aromatic carbocycles. The van der Waals surface area contributed by atoms with Gasteiger partial charge in [-0.25, -0.2) is 14.2 Å². The lowest BCUT2D eigenvalue weighted by Crippen LogP contribution is -2.47. The number of carbonyl (C=O) groups excluding carboxylic acids is 1. The number of ether oxygens (including phenoxy) is 1. The number of rotatable bonds is 4. The van der Waals surface area contributed by atoms with Gasteiger partial charge in [0.2, 0.25) is 0 Å². The van der Waals surface area contributed by atoms with Crippen molar-refractivity contribution in [2.24, 2.45) is 4.99 Å². The molecule has 0 aliphatic carbocycles. The van der Waals surface area contributed by atoms with E-state index < -0.39 is 29.6 Å². The van der Waals surface area contributed by atoms with Crippen LogP contribution in [-0.2, 0) is 22.3 Å². The van der Waals surface area contributed by atoms with Crippen LogP contribution in [0.15, 0.2) is 64.8 Å². The van der Waals surface area contributed by atoms with E-state index in [4.69, 9.17) is 4.74 Å². The summed E-state index contributed by atoms with van der Waals surface area (Å²) in [6.07, 6.45) is -4.40. The standard InChI is InChI=1S/C22H21F4N3O2/c1-13-18(20(30)31-3)19(15-6-10-17(23)11-7-15)28-21(29(13)2)27-12-14-4-8-16(9-5-14)22(24,25)26/h4-11,19H,12H2,1-3H3,(H,27,28). The van der Waals surface area contributed by atoms with E-state index in [1.165, 1.54) is 31.4 Å². The van der Waals surface area contributed by atoms with E-state index >= 15 is 0 Å². The molecule has 0 saturated carbocycles. The zero-order valence-electron chi connectivity index (χ0n) is 17.1. The van der Waals surface area contributed by atoms with E-state index in [0.717, 1.165) is 12.1 Å². The summed E-state index contributed by atoms with van der Waals surface area (Å²) >= 11 is 0. The minimum Gasteiger partial charge on any atom is -0.466 e. The van der Waals surface area contributed by atoms with Gasteiger partial charge in [0.1, 0.15) is 5.82 Å². The fraction of sp³-hybridized carbons (Fsp3) is 0.273. The Bertz CT molecular complexity index is 1010. The fourth-order valence-corrected chi connectivity index (χ4v) is 3.24. The monoisotopic (exact) mass is 435 g/mol. The van der Waals surface area contributed by atoms with Crippen molar-refractivity contribution in [3.8, 4) is 0 Å². The average Bonchev–Trinajstić information content (AvgIpc) is 2.74. The molecule has 1 atom stereocenters. The van der Waals surface area contributed by atoms with Crippen LogP contribution in [0.4, 0.5) is 17.6 Å². The number of alkyl halides is 3. The Morgan fingerprint density at radius 3 is 2.29 bits per heavy atom. The molecule has 3 rings (SSSR count). The molecule has 0 amide bonds. The molecule has 2 aromatic rings. The number of halogens is 4. The average molecular weight is 435 g/mol. The Morgan fingerprint density at radius 2 is 1.74 bits per heavy atom. The van der Waals surface area contributed by atoms with Gasteiger partial charge in [-0.15, -0.1) is 0 Å². The van der Waals surface area contributed by atoms with E-state index in [2.05, 4.69) is 10.3 Å². The van der Waals surface area contributed by atoms with Crippen molar-refractivity contribution < 1.29 is 27.1 Å². The molecule has 0 radical (unpaired) electrons. The van der Waals surface area contributed by atoms with Crippen LogP contribution in [0, 0.1) is 5.82 Å². The Morgan fingerprint density at radius 1 is 1.13 bits per heavy atom. The number of nitrogens with zero attached hydrogens (tertiary/aromatic N) is 2. The van der Waals surface area contributed by atoms with Gasteiger partial charge in [-0.05, 0) is 42.3 Å². The summed E-state index contributed by atoms with van der Waals surface area (Å²) < 4.78 is 56.5. The highest BCUT2D eigenvalue weighted by molar-refractivity contribution is 5.96. The Hall–Kier alpha value is -3.36. The van der Waals surface area contributed by atoms with Gasteiger partial charge in [0.05, 0.1) is 30.8 Å². The van der Waals surface area contributed by atoms with Gasteiger partial charge in [-0.2, -0.15) is 13.2 Å². The molecule has 31 heavy (non-hydrogen) atoms. The predicted octanol–water partition coefficient (Wildman–Crippen LogP) is 4.42. The fourth-order valence-electron chi connectivity index (χ4n) is 3.24. The second-order valence-corrected chi connectivity index (χ2v) is 7.01. The molecule has 0 bridgehead atoms. The zero-order valence-corrected chi connectivity index (χ0v) is 17.1. The number of guanidine groups is 1. The maximum absolute atomic E-state index is 13.4. The van der Waals surface area contributed by atoms with Crippen molar-refractivity contribution in [2.75, 3.05) is 14.2 Å². The molecule has 0 saturated heterocycles. The van der Waals surface area contributed by atoms with Crippen molar-refractivity contribution in [1.82, 2.24) is 10.2 Å². The minimum atomic E-state index is -4.40. The molecule has 0 aromatic heterocycles. The van der Waals surface area contributed by atoms with Gasteiger partial charge >= 0.3 is 12.1 Å². The number of benzene rings is 2. The number of allylic oxidation sites excluding steroid dienone is 1. The summed E-state index contributed by atoms with van der Waals surface area (Å²) in [6.45, 7) is 1.86. The maximum Gasteiger partial charge on any atom is 0.416 e. The number of carbonyl (C=O) groups is 1. The van der Waals surface area contributed by atoms with Crippen LogP contribution < -0.4 is 5.32 Å². The van der Waals surface area contributed by atoms with Crippen molar-refractivity contribution in [3.05, 3.63) is 82.3 Å². The molecule has 5 nitrogen and oxygen atoms in total. The predicted molar refractivity (Wildman–Crippen MR) is 107 cm³/mol. The quantitative estimate of drug-likeness (QED) is 0.571. The third-order valence-corrected chi connectivity index (χ3v) is 5.07. The summed E-state index contributed by atoms with van der Waals surface area (Å²) in [5.41, 5.74) is 1.44. The van der Waals surface area contributed by atoms with Crippen molar-refractivity contribution in [2.45, 2.75) is 25.7 Å². The lowest BCUT2D eigenvalue weighted by Gasteiger charge is -2.35. The van der Waals surface area contributed by atoms with Gasteiger partial charge in [-0.1, -0.05) is 24.3 Å². The first-order valence-corrected chi connectivity index (χ1v) is 9.37. The number of methoxy groups -OCH3 is 1. The van der Waals surface area contributed by atoms with Crippen LogP contribution >= 0.6 is 0 Å². The van der Waals surface area contributed by atoms with Crippen LogP contribution in [-0.4, -0.2) is 31.0 Å². The van der Waals surface area contributed by atoms with E-state index in [1.54, 1.807) is 31.0 Å². The second kappa shape index (κ2) is 8.79. The minimum absolute atomic E-state index is 0.127. The van der Waals surface area contributed by atoms with Gasteiger partial charge < -0.3 is 15.0 Å². The third-order valence-electron chi connectivity index (χ3n) is 5.07. The molecule has 1 aliphatic rings. The Balaban J connectivity index is 1.92. The van der Waals surface area contributed by atoms with Gasteiger partial charge in [-0.3, -0.25) is 0 Å². The normalized spacial score (nSPS) is 18.2. The summed E-state index contributed by atoms with van der Waals surface area (Å²) in [5.74, 6) is -0.527. The number of hydrogen-bond donors (Lipinski definition) is 1. The first kappa shape index (κ1) is 22.3. The van der Waals surface area contributed by atoms with Gasteiger partial charge in [0.15, 0.2) is 5.96 Å². The Labute approximate surface area is 177 Å². The largest absolute Gasteiger partial charge is 0.466 e. The topological polar surface area (TPSA) is 53.9 Å². The molecule has 0 fully saturated rings. The molecular formula is C22H21F4N3O2. The summed E-state index contributed by atoms with van der Waals surface area (Å²) in [7, 11) is 2.98. The smallest absolute Gasteiger partial charge is 0.416 e. The molecule has 164 valence electrons. The zero-order chi connectivity index (χ0) is 22.8. The molecule has 1 heterocycles.